The molecule has 0 aliphatic rings. The first-order chi connectivity index (χ1) is 24.8. The Balaban J connectivity index is 0. The second-order valence-corrected chi connectivity index (χ2v) is 9.54. The summed E-state index contributed by atoms with van der Waals surface area (Å²) in [5.74, 6) is 0. The monoisotopic (exact) mass is 847 g/mol. The molecule has 21 nitrogen and oxygen atoms in total. The molecule has 0 spiro atoms. The third-order valence-corrected chi connectivity index (χ3v) is 5.97. The van der Waals surface area contributed by atoms with Crippen molar-refractivity contribution in [3.63, 3.8) is 0 Å². The van der Waals surface area contributed by atoms with Crippen LogP contribution in [0.3, 0.4) is 0 Å². The van der Waals surface area contributed by atoms with Crippen molar-refractivity contribution in [2.45, 2.75) is 26.2 Å². The fourth-order valence-electron chi connectivity index (χ4n) is 4.23. The largest absolute Gasteiger partial charge is 2.00 e. The molecular weight excluding hydrogens is 821 g/mol. The van der Waals surface area contributed by atoms with Gasteiger partial charge in [-0.05, 0) is 60.7 Å². The summed E-state index contributed by atoms with van der Waals surface area (Å²) in [5.41, 5.74) is 6.41. The van der Waals surface area contributed by atoms with Crippen LogP contribution in [0.5, 0.6) is 0 Å². The number of pyridine rings is 3. The summed E-state index contributed by atoms with van der Waals surface area (Å²) in [4.78, 5) is 51.8. The molecule has 0 radical (unpaired) electrons. The summed E-state index contributed by atoms with van der Waals surface area (Å²) >= 11 is 0. The predicted molar refractivity (Wildman–Crippen MR) is 187 cm³/mol. The summed E-state index contributed by atoms with van der Waals surface area (Å²) < 4.78 is 0. The first kappa shape index (κ1) is 49.6. The van der Waals surface area contributed by atoms with E-state index in [9.17, 15) is 0 Å². The standard InChI is InChI=1S/C31H29N5.4NO3.2Zn/c1-3-16-30(17-4-1)35(22-26-12-7-9-20-32-26)24-28-14-11-15-29(34-28)25-36(31-18-5-2-6-19-31)23-27-13-8-10-21-33-27;4*2-1(3)4;;/h1-21H,22-25H2;;;;;;/q;4*-1;2*+2. The number of hydrogen-bond donors (Lipinski definition) is 0. The minimum atomic E-state index is -1.75. The van der Waals surface area contributed by atoms with Crippen LogP contribution in [-0.2, 0) is 65.1 Å². The average Bonchev–Trinajstić information content (AvgIpc) is 3.09. The van der Waals surface area contributed by atoms with Crippen molar-refractivity contribution in [2.75, 3.05) is 9.80 Å². The molecule has 5 rings (SSSR count). The maximum absolute atomic E-state index is 8.25. The fourth-order valence-corrected chi connectivity index (χ4v) is 4.23. The van der Waals surface area contributed by atoms with Crippen LogP contribution in [0.15, 0.2) is 128 Å². The zero-order valence-electron chi connectivity index (χ0n) is 28.3. The van der Waals surface area contributed by atoms with Gasteiger partial charge in [0.25, 0.3) is 0 Å². The van der Waals surface area contributed by atoms with Gasteiger partial charge in [-0.25, -0.2) is 0 Å². The fraction of sp³-hybridized carbons (Fsp3) is 0.129. The number of aromatic nitrogens is 3. The van der Waals surface area contributed by atoms with Crippen molar-refractivity contribution < 1.29 is 59.3 Å². The topological polar surface area (TPSA) is 310 Å². The van der Waals surface area contributed by atoms with E-state index in [-0.39, 0.29) is 39.0 Å². The van der Waals surface area contributed by atoms with Gasteiger partial charge in [-0.3, -0.25) is 15.0 Å². The Morgan fingerprint density at radius 3 is 0.926 bits per heavy atom. The van der Waals surface area contributed by atoms with Gasteiger partial charge < -0.3 is 71.1 Å². The van der Waals surface area contributed by atoms with E-state index in [1.807, 2.05) is 48.8 Å². The Morgan fingerprint density at radius 2 is 0.648 bits per heavy atom. The van der Waals surface area contributed by atoms with Crippen molar-refractivity contribution >= 4 is 11.4 Å². The molecule has 0 unspecified atom stereocenters. The van der Waals surface area contributed by atoms with Crippen LogP contribution in [-0.4, -0.2) is 35.3 Å². The summed E-state index contributed by atoms with van der Waals surface area (Å²) in [6.45, 7) is 2.82. The molecule has 23 heteroatoms. The second kappa shape index (κ2) is 29.1. The van der Waals surface area contributed by atoms with Crippen molar-refractivity contribution in [1.29, 1.82) is 0 Å². The molecule has 0 saturated heterocycles. The van der Waals surface area contributed by atoms with Gasteiger partial charge in [0.2, 0.25) is 0 Å². The summed E-state index contributed by atoms with van der Waals surface area (Å²) in [5, 5.41) is 59.0. The molecule has 274 valence electrons. The Hall–Kier alpha value is -6.46. The average molecular weight is 850 g/mol. The van der Waals surface area contributed by atoms with Gasteiger partial charge in [0, 0.05) is 23.8 Å². The van der Waals surface area contributed by atoms with Crippen LogP contribution in [0.4, 0.5) is 11.4 Å². The third kappa shape index (κ3) is 25.5. The molecule has 0 aliphatic heterocycles. The van der Waals surface area contributed by atoms with E-state index in [0.29, 0.717) is 26.2 Å². The molecule has 3 heterocycles. The van der Waals surface area contributed by atoms with Crippen LogP contribution in [0, 0.1) is 61.3 Å². The maximum Gasteiger partial charge on any atom is 2.00 e. The van der Waals surface area contributed by atoms with Crippen LogP contribution < -0.4 is 9.80 Å². The number of nitrogens with zero attached hydrogens (tertiary/aromatic N) is 9. The quantitative estimate of drug-likeness (QED) is 0.0974. The molecule has 54 heavy (non-hydrogen) atoms. The number of hydrogen-bond acceptors (Lipinski definition) is 17. The Bertz CT molecular complexity index is 1610. The molecular formula is C31H29N9O12Zn2. The molecule has 0 amide bonds. The number of rotatable bonds is 10. The Morgan fingerprint density at radius 1 is 0.389 bits per heavy atom. The minimum absolute atomic E-state index is 0. The summed E-state index contributed by atoms with van der Waals surface area (Å²) in [6.07, 6.45) is 3.69. The zero-order chi connectivity index (χ0) is 38.7. The number of anilines is 2. The second-order valence-electron chi connectivity index (χ2n) is 9.54. The van der Waals surface area contributed by atoms with E-state index >= 15 is 0 Å². The van der Waals surface area contributed by atoms with Crippen molar-refractivity contribution in [3.05, 3.63) is 212 Å². The van der Waals surface area contributed by atoms with Gasteiger partial charge >= 0.3 is 39.0 Å². The molecule has 5 aromatic rings. The predicted octanol–water partition coefficient (Wildman–Crippen LogP) is 5.32. The van der Waals surface area contributed by atoms with Crippen LogP contribution in [0.1, 0.15) is 22.8 Å². The van der Waals surface area contributed by atoms with Gasteiger partial charge in [0.15, 0.2) is 0 Å². The molecule has 0 N–H and O–H groups in total. The zero-order valence-corrected chi connectivity index (χ0v) is 34.2. The Kier molecular flexibility index (Phi) is 26.8. The summed E-state index contributed by atoms with van der Waals surface area (Å²) in [7, 11) is 0. The van der Waals surface area contributed by atoms with Crippen molar-refractivity contribution in [2.24, 2.45) is 0 Å². The number of benzene rings is 2. The normalized spacial score (nSPS) is 8.89. The number of para-hydroxylation sites is 2. The van der Waals surface area contributed by atoms with E-state index < -0.39 is 20.3 Å². The molecule has 0 fully saturated rings. The van der Waals surface area contributed by atoms with E-state index in [1.165, 1.54) is 0 Å². The summed E-state index contributed by atoms with van der Waals surface area (Å²) in [6, 6.07) is 39.3. The SMILES string of the molecule is O=[N+]([O-])[O-].O=[N+]([O-])[O-].O=[N+]([O-])[O-].O=[N+]([O-])[O-].[Zn+2].[Zn+2].c1ccc(N(Cc2ccccn2)Cc2cccc(CN(Cc3ccccn3)c3ccccc3)n2)cc1. The Labute approximate surface area is 332 Å². The van der Waals surface area contributed by atoms with Gasteiger partial charge in [-0.15, -0.1) is 0 Å². The van der Waals surface area contributed by atoms with Crippen LogP contribution in [0.2, 0.25) is 0 Å². The molecule has 2 aromatic carbocycles. The van der Waals surface area contributed by atoms with Crippen LogP contribution in [0.25, 0.3) is 0 Å². The molecule has 0 saturated carbocycles. The van der Waals surface area contributed by atoms with Gasteiger partial charge in [0.1, 0.15) is 0 Å². The molecule has 0 atom stereocenters. The van der Waals surface area contributed by atoms with E-state index in [2.05, 4.69) is 98.6 Å². The third-order valence-electron chi connectivity index (χ3n) is 5.97. The van der Waals surface area contributed by atoms with Crippen molar-refractivity contribution in [1.82, 2.24) is 15.0 Å². The van der Waals surface area contributed by atoms with Gasteiger partial charge in [-0.2, -0.15) is 0 Å². The van der Waals surface area contributed by atoms with E-state index in [1.54, 1.807) is 0 Å². The first-order valence-corrected chi connectivity index (χ1v) is 14.4. The maximum atomic E-state index is 8.25. The van der Waals surface area contributed by atoms with E-state index in [0.717, 1.165) is 34.2 Å². The van der Waals surface area contributed by atoms with E-state index in [4.69, 9.17) is 66.3 Å². The van der Waals surface area contributed by atoms with Gasteiger partial charge in [0.05, 0.1) is 69.3 Å². The minimum Gasteiger partial charge on any atom is -0.360 e. The molecule has 3 aromatic heterocycles. The molecule has 0 aliphatic carbocycles. The first-order valence-electron chi connectivity index (χ1n) is 14.4. The van der Waals surface area contributed by atoms with Crippen molar-refractivity contribution in [3.8, 4) is 0 Å². The van der Waals surface area contributed by atoms with Crippen LogP contribution >= 0.6 is 0 Å². The van der Waals surface area contributed by atoms with Gasteiger partial charge in [-0.1, -0.05) is 54.6 Å². The molecule has 0 bridgehead atoms. The smallest absolute Gasteiger partial charge is 0.360 e.